The molecule has 0 saturated carbocycles. The zero-order valence-corrected chi connectivity index (χ0v) is 19.9. The van der Waals surface area contributed by atoms with Crippen LogP contribution in [0, 0.1) is 20.8 Å². The molecule has 4 aromatic rings. The molecule has 0 aliphatic rings. The third-order valence-electron chi connectivity index (χ3n) is 4.91. The SMILES string of the molecule is CCn1c(Cc2ccccc2)nnc1SCC(=O)Nc1cc(C)nn1-c1nc(C)cc(C)n1. The Labute approximate surface area is 196 Å². The Morgan fingerprint density at radius 2 is 1.73 bits per heavy atom. The van der Waals surface area contributed by atoms with Gasteiger partial charge in [-0.15, -0.1) is 10.2 Å². The molecular formula is C23H26N8OS. The van der Waals surface area contributed by atoms with Gasteiger partial charge >= 0.3 is 0 Å². The normalized spacial score (nSPS) is 11.0. The number of benzene rings is 1. The highest BCUT2D eigenvalue weighted by Gasteiger charge is 2.16. The van der Waals surface area contributed by atoms with Crippen molar-refractivity contribution in [2.45, 2.75) is 45.8 Å². The molecule has 33 heavy (non-hydrogen) atoms. The van der Waals surface area contributed by atoms with E-state index in [1.807, 2.05) is 56.5 Å². The number of nitrogens with zero attached hydrogens (tertiary/aromatic N) is 7. The van der Waals surface area contributed by atoms with Gasteiger partial charge in [-0.05, 0) is 39.3 Å². The van der Waals surface area contributed by atoms with Crippen molar-refractivity contribution >= 4 is 23.5 Å². The van der Waals surface area contributed by atoms with Gasteiger partial charge in [0, 0.05) is 30.4 Å². The molecule has 0 fully saturated rings. The van der Waals surface area contributed by atoms with Crippen LogP contribution in [0.5, 0.6) is 0 Å². The van der Waals surface area contributed by atoms with E-state index >= 15 is 0 Å². The Balaban J connectivity index is 1.44. The minimum atomic E-state index is -0.166. The Morgan fingerprint density at radius 3 is 2.42 bits per heavy atom. The maximum atomic E-state index is 12.7. The molecule has 3 heterocycles. The average Bonchev–Trinajstić information content (AvgIpc) is 3.34. The van der Waals surface area contributed by atoms with Gasteiger partial charge in [-0.25, -0.2) is 9.97 Å². The molecule has 4 rings (SSSR count). The predicted molar refractivity (Wildman–Crippen MR) is 128 cm³/mol. The highest BCUT2D eigenvalue weighted by Crippen LogP contribution is 2.20. The first-order valence-electron chi connectivity index (χ1n) is 10.7. The zero-order valence-electron chi connectivity index (χ0n) is 19.1. The van der Waals surface area contributed by atoms with Crippen LogP contribution in [0.3, 0.4) is 0 Å². The molecule has 1 amide bonds. The van der Waals surface area contributed by atoms with Crippen LogP contribution in [0.25, 0.3) is 5.95 Å². The van der Waals surface area contributed by atoms with E-state index in [-0.39, 0.29) is 11.7 Å². The van der Waals surface area contributed by atoms with E-state index in [1.165, 1.54) is 17.3 Å². The van der Waals surface area contributed by atoms with E-state index in [9.17, 15) is 4.79 Å². The molecule has 1 aromatic carbocycles. The van der Waals surface area contributed by atoms with Crippen molar-refractivity contribution < 1.29 is 4.79 Å². The summed E-state index contributed by atoms with van der Waals surface area (Å²) >= 11 is 1.36. The standard InChI is InChI=1S/C23H26N8OS/c1-5-30-20(13-18-9-7-6-8-10-18)27-28-23(30)33-14-21(32)26-19-12-17(4)29-31(19)22-24-15(2)11-16(3)25-22/h6-12H,5,13-14H2,1-4H3,(H,26,32). The summed E-state index contributed by atoms with van der Waals surface area (Å²) in [5, 5.41) is 16.8. The van der Waals surface area contributed by atoms with Crippen molar-refractivity contribution in [3.05, 3.63) is 70.9 Å². The van der Waals surface area contributed by atoms with Crippen molar-refractivity contribution in [1.29, 1.82) is 0 Å². The third kappa shape index (κ3) is 5.46. The lowest BCUT2D eigenvalue weighted by atomic mass is 10.1. The fourth-order valence-corrected chi connectivity index (χ4v) is 4.33. The summed E-state index contributed by atoms with van der Waals surface area (Å²) in [5.74, 6) is 1.87. The molecule has 1 N–H and O–H groups in total. The number of carbonyl (C=O) groups is 1. The number of hydrogen-bond donors (Lipinski definition) is 1. The maximum Gasteiger partial charge on any atom is 0.252 e. The summed E-state index contributed by atoms with van der Waals surface area (Å²) in [4.78, 5) is 21.6. The first-order valence-corrected chi connectivity index (χ1v) is 11.7. The zero-order chi connectivity index (χ0) is 23.4. The van der Waals surface area contributed by atoms with Gasteiger partial charge in [0.2, 0.25) is 5.91 Å². The van der Waals surface area contributed by atoms with Crippen LogP contribution in [0.2, 0.25) is 0 Å². The van der Waals surface area contributed by atoms with Gasteiger partial charge in [-0.1, -0.05) is 42.1 Å². The van der Waals surface area contributed by atoms with Gasteiger partial charge in [0.15, 0.2) is 5.16 Å². The summed E-state index contributed by atoms with van der Waals surface area (Å²) in [7, 11) is 0. The topological polar surface area (TPSA) is 103 Å². The number of aromatic nitrogens is 7. The lowest BCUT2D eigenvalue weighted by Crippen LogP contribution is -2.18. The number of hydrogen-bond acceptors (Lipinski definition) is 7. The molecule has 0 unspecified atom stereocenters. The number of rotatable bonds is 8. The van der Waals surface area contributed by atoms with Crippen LogP contribution in [-0.2, 0) is 17.8 Å². The van der Waals surface area contributed by atoms with E-state index in [2.05, 4.69) is 42.7 Å². The summed E-state index contributed by atoms with van der Waals surface area (Å²) in [6.07, 6.45) is 0.697. The average molecular weight is 463 g/mol. The molecule has 0 aliphatic heterocycles. The predicted octanol–water partition coefficient (Wildman–Crippen LogP) is 3.52. The van der Waals surface area contributed by atoms with Crippen LogP contribution in [-0.4, -0.2) is 46.2 Å². The molecule has 0 atom stereocenters. The highest BCUT2D eigenvalue weighted by atomic mass is 32.2. The Morgan fingerprint density at radius 1 is 1.00 bits per heavy atom. The van der Waals surface area contributed by atoms with Gasteiger partial charge in [-0.3, -0.25) is 4.79 Å². The van der Waals surface area contributed by atoms with Crippen molar-refractivity contribution in [1.82, 2.24) is 34.5 Å². The molecule has 9 nitrogen and oxygen atoms in total. The van der Waals surface area contributed by atoms with Crippen molar-refractivity contribution in [2.75, 3.05) is 11.1 Å². The van der Waals surface area contributed by atoms with Crippen LogP contribution in [0.15, 0.2) is 47.6 Å². The number of carbonyl (C=O) groups excluding carboxylic acids is 1. The van der Waals surface area contributed by atoms with E-state index < -0.39 is 0 Å². The molecule has 0 saturated heterocycles. The fraction of sp³-hybridized carbons (Fsp3) is 0.304. The Bertz CT molecular complexity index is 1240. The van der Waals surface area contributed by atoms with E-state index in [0.717, 1.165) is 34.6 Å². The number of nitrogens with one attached hydrogen (secondary N) is 1. The third-order valence-corrected chi connectivity index (χ3v) is 5.87. The van der Waals surface area contributed by atoms with Gasteiger partial charge in [-0.2, -0.15) is 9.78 Å². The molecule has 0 radical (unpaired) electrons. The molecule has 10 heteroatoms. The first kappa shape index (κ1) is 22.7. The van der Waals surface area contributed by atoms with Crippen LogP contribution >= 0.6 is 11.8 Å². The van der Waals surface area contributed by atoms with Crippen molar-refractivity contribution in [3.63, 3.8) is 0 Å². The molecule has 0 spiro atoms. The summed E-state index contributed by atoms with van der Waals surface area (Å²) < 4.78 is 3.60. The number of aryl methyl sites for hydroxylation is 3. The lowest BCUT2D eigenvalue weighted by molar-refractivity contribution is -0.113. The molecule has 0 bridgehead atoms. The fourth-order valence-electron chi connectivity index (χ4n) is 3.50. The smallest absolute Gasteiger partial charge is 0.252 e. The minimum absolute atomic E-state index is 0.166. The number of anilines is 1. The largest absolute Gasteiger partial charge is 0.310 e. The highest BCUT2D eigenvalue weighted by molar-refractivity contribution is 7.99. The van der Waals surface area contributed by atoms with Crippen LogP contribution in [0.4, 0.5) is 5.82 Å². The van der Waals surface area contributed by atoms with Gasteiger partial charge in [0.1, 0.15) is 11.6 Å². The minimum Gasteiger partial charge on any atom is -0.310 e. The number of amides is 1. The second-order valence-corrected chi connectivity index (χ2v) is 8.62. The van der Waals surface area contributed by atoms with E-state index in [1.54, 1.807) is 10.7 Å². The van der Waals surface area contributed by atoms with E-state index in [0.29, 0.717) is 18.2 Å². The first-order chi connectivity index (χ1) is 15.9. The van der Waals surface area contributed by atoms with Crippen LogP contribution in [0.1, 0.15) is 35.4 Å². The van der Waals surface area contributed by atoms with E-state index in [4.69, 9.17) is 0 Å². The quantitative estimate of drug-likeness (QED) is 0.400. The molecular weight excluding hydrogens is 436 g/mol. The van der Waals surface area contributed by atoms with Gasteiger partial charge in [0.05, 0.1) is 11.4 Å². The molecule has 3 aromatic heterocycles. The summed E-state index contributed by atoms with van der Waals surface area (Å²) in [6.45, 7) is 8.45. The second-order valence-electron chi connectivity index (χ2n) is 7.68. The number of thioether (sulfide) groups is 1. The molecule has 170 valence electrons. The van der Waals surface area contributed by atoms with Crippen LogP contribution < -0.4 is 5.32 Å². The summed E-state index contributed by atoms with van der Waals surface area (Å²) in [5.41, 5.74) is 3.61. The second kappa shape index (κ2) is 9.95. The van der Waals surface area contributed by atoms with Crippen molar-refractivity contribution in [3.8, 4) is 5.95 Å². The van der Waals surface area contributed by atoms with Gasteiger partial charge < -0.3 is 9.88 Å². The van der Waals surface area contributed by atoms with Crippen molar-refractivity contribution in [2.24, 2.45) is 0 Å². The van der Waals surface area contributed by atoms with Gasteiger partial charge in [0.25, 0.3) is 5.95 Å². The lowest BCUT2D eigenvalue weighted by Gasteiger charge is -2.09. The summed E-state index contributed by atoms with van der Waals surface area (Å²) in [6, 6.07) is 13.8. The Hall–Kier alpha value is -3.53. The Kier molecular flexibility index (Phi) is 6.83. The monoisotopic (exact) mass is 462 g/mol. The molecule has 0 aliphatic carbocycles. The maximum absolute atomic E-state index is 12.7.